The van der Waals surface area contributed by atoms with Crippen molar-refractivity contribution in [3.8, 4) is 11.5 Å². The molecule has 1 unspecified atom stereocenters. The molecule has 4 rings (SSSR count). The number of hydrogen-bond donors (Lipinski definition) is 1. The summed E-state index contributed by atoms with van der Waals surface area (Å²) in [6, 6.07) is 23.3. The Bertz CT molecular complexity index is 1110. The lowest BCUT2D eigenvalue weighted by molar-refractivity contribution is -0.134. The van der Waals surface area contributed by atoms with Crippen molar-refractivity contribution in [1.82, 2.24) is 9.80 Å². The summed E-state index contributed by atoms with van der Waals surface area (Å²) in [5.41, 5.74) is 1.54. The molecule has 6 nitrogen and oxygen atoms in total. The quantitative estimate of drug-likeness (QED) is 0.503. The molecule has 1 fully saturated rings. The molecule has 1 heterocycles. The maximum absolute atomic E-state index is 13.1. The van der Waals surface area contributed by atoms with Gasteiger partial charge in [-0.2, -0.15) is 0 Å². The van der Waals surface area contributed by atoms with Gasteiger partial charge in [-0.3, -0.25) is 4.79 Å². The van der Waals surface area contributed by atoms with E-state index in [2.05, 4.69) is 5.32 Å². The first-order valence-corrected chi connectivity index (χ1v) is 11.3. The molecule has 7 heteroatoms. The van der Waals surface area contributed by atoms with E-state index in [-0.39, 0.29) is 11.9 Å². The monoisotopic (exact) mass is 463 g/mol. The molecular weight excluding hydrogens is 438 g/mol. The molecule has 0 saturated carbocycles. The average molecular weight is 464 g/mol. The fourth-order valence-corrected chi connectivity index (χ4v) is 4.05. The Balaban J connectivity index is 1.43. The molecule has 1 aliphatic heterocycles. The van der Waals surface area contributed by atoms with E-state index in [4.69, 9.17) is 16.3 Å². The van der Waals surface area contributed by atoms with Crippen LogP contribution in [0.3, 0.4) is 0 Å². The van der Waals surface area contributed by atoms with Gasteiger partial charge in [0.2, 0.25) is 5.91 Å². The number of anilines is 1. The molecule has 0 radical (unpaired) electrons. The number of likely N-dealkylation sites (tertiary alicyclic amines) is 1. The van der Waals surface area contributed by atoms with Crippen LogP contribution in [0.15, 0.2) is 78.9 Å². The summed E-state index contributed by atoms with van der Waals surface area (Å²) in [5.74, 6) is 1.14. The molecule has 170 valence electrons. The minimum absolute atomic E-state index is 0.0774. The van der Waals surface area contributed by atoms with E-state index < -0.39 is 6.04 Å². The second kappa shape index (κ2) is 10.4. The zero-order chi connectivity index (χ0) is 23.2. The van der Waals surface area contributed by atoms with Crippen LogP contribution in [0.2, 0.25) is 5.02 Å². The van der Waals surface area contributed by atoms with Crippen molar-refractivity contribution >= 4 is 29.2 Å². The van der Waals surface area contributed by atoms with Crippen LogP contribution in [-0.2, 0) is 11.3 Å². The first-order chi connectivity index (χ1) is 16.0. The third-order valence-electron chi connectivity index (χ3n) is 5.61. The van der Waals surface area contributed by atoms with Gasteiger partial charge in [0.25, 0.3) is 0 Å². The molecular formula is C26H26ClN3O3. The molecule has 1 atom stereocenters. The molecule has 0 aromatic heterocycles. The molecule has 1 N–H and O–H groups in total. The summed E-state index contributed by atoms with van der Waals surface area (Å²) in [6.45, 7) is 0.981. The lowest BCUT2D eigenvalue weighted by atomic mass is 10.1. The zero-order valence-electron chi connectivity index (χ0n) is 18.4. The van der Waals surface area contributed by atoms with Crippen LogP contribution < -0.4 is 10.1 Å². The predicted molar refractivity (Wildman–Crippen MR) is 130 cm³/mol. The van der Waals surface area contributed by atoms with Gasteiger partial charge in [0, 0.05) is 25.2 Å². The minimum Gasteiger partial charge on any atom is -0.455 e. The van der Waals surface area contributed by atoms with Gasteiger partial charge in [-0.05, 0) is 54.8 Å². The number of nitrogens with zero attached hydrogens (tertiary/aromatic N) is 2. The Hall–Kier alpha value is -3.51. The number of likely N-dealkylation sites (N-methyl/N-ethyl adjacent to an activating group) is 1. The Morgan fingerprint density at radius 1 is 1.03 bits per heavy atom. The summed E-state index contributed by atoms with van der Waals surface area (Å²) in [6.07, 6.45) is 1.42. The standard InChI is InChI=1S/C26H26ClN3O3/c1-29(18-19-13-15-20(27)16-14-19)25(31)23-11-7-17-30(23)26(32)28-22-10-5-6-12-24(22)33-21-8-3-2-4-9-21/h2-6,8-10,12-16,23H,7,11,17-18H2,1H3,(H,28,32). The number of ether oxygens (including phenoxy) is 1. The van der Waals surface area contributed by atoms with Gasteiger partial charge < -0.3 is 19.9 Å². The highest BCUT2D eigenvalue weighted by molar-refractivity contribution is 6.30. The van der Waals surface area contributed by atoms with Gasteiger partial charge in [0.1, 0.15) is 11.8 Å². The third-order valence-corrected chi connectivity index (χ3v) is 5.86. The Labute approximate surface area is 198 Å². The van der Waals surface area contributed by atoms with Crippen molar-refractivity contribution in [2.45, 2.75) is 25.4 Å². The fourth-order valence-electron chi connectivity index (χ4n) is 3.92. The first-order valence-electron chi connectivity index (χ1n) is 10.9. The highest BCUT2D eigenvalue weighted by atomic mass is 35.5. The van der Waals surface area contributed by atoms with Crippen molar-refractivity contribution in [3.63, 3.8) is 0 Å². The smallest absolute Gasteiger partial charge is 0.322 e. The number of amides is 3. The lowest BCUT2D eigenvalue weighted by Crippen LogP contribution is -2.47. The topological polar surface area (TPSA) is 61.9 Å². The largest absolute Gasteiger partial charge is 0.455 e. The van der Waals surface area contributed by atoms with Gasteiger partial charge in [0.15, 0.2) is 5.75 Å². The molecule has 3 amide bonds. The van der Waals surface area contributed by atoms with Crippen LogP contribution in [0.5, 0.6) is 11.5 Å². The van der Waals surface area contributed by atoms with Crippen LogP contribution >= 0.6 is 11.6 Å². The van der Waals surface area contributed by atoms with E-state index in [9.17, 15) is 9.59 Å². The van der Waals surface area contributed by atoms with Crippen LogP contribution in [0.1, 0.15) is 18.4 Å². The Morgan fingerprint density at radius 2 is 1.73 bits per heavy atom. The fraction of sp³-hybridized carbons (Fsp3) is 0.231. The number of benzene rings is 3. The van der Waals surface area contributed by atoms with Crippen LogP contribution in [0, 0.1) is 0 Å². The lowest BCUT2D eigenvalue weighted by Gasteiger charge is -2.28. The number of carbonyl (C=O) groups excluding carboxylic acids is 2. The summed E-state index contributed by atoms with van der Waals surface area (Å²) in [5, 5.41) is 3.58. The number of rotatable bonds is 6. The number of hydrogen-bond acceptors (Lipinski definition) is 3. The molecule has 1 saturated heterocycles. The van der Waals surface area contributed by atoms with Crippen LogP contribution in [0.25, 0.3) is 0 Å². The second-order valence-corrected chi connectivity index (χ2v) is 8.45. The van der Waals surface area contributed by atoms with E-state index in [1.54, 1.807) is 41.1 Å². The zero-order valence-corrected chi connectivity index (χ0v) is 19.2. The summed E-state index contributed by atoms with van der Waals surface area (Å²) in [7, 11) is 1.76. The van der Waals surface area contributed by atoms with E-state index in [1.807, 2.05) is 54.6 Å². The minimum atomic E-state index is -0.496. The Kier molecular flexibility index (Phi) is 7.15. The maximum Gasteiger partial charge on any atom is 0.322 e. The second-order valence-electron chi connectivity index (χ2n) is 8.01. The van der Waals surface area contributed by atoms with E-state index >= 15 is 0 Å². The molecule has 0 bridgehead atoms. The summed E-state index contributed by atoms with van der Waals surface area (Å²) >= 11 is 5.95. The van der Waals surface area contributed by atoms with Crippen molar-refractivity contribution in [1.29, 1.82) is 0 Å². The van der Waals surface area contributed by atoms with Gasteiger partial charge in [0.05, 0.1) is 5.69 Å². The number of nitrogens with one attached hydrogen (secondary N) is 1. The number of halogens is 1. The first kappa shape index (κ1) is 22.7. The van der Waals surface area contributed by atoms with Gasteiger partial charge in [-0.25, -0.2) is 4.79 Å². The summed E-state index contributed by atoms with van der Waals surface area (Å²) < 4.78 is 5.94. The third kappa shape index (κ3) is 5.65. The SMILES string of the molecule is CN(Cc1ccc(Cl)cc1)C(=O)C1CCCN1C(=O)Nc1ccccc1Oc1ccccc1. The molecule has 0 aliphatic carbocycles. The van der Waals surface area contributed by atoms with Crippen LogP contribution in [0.4, 0.5) is 10.5 Å². The highest BCUT2D eigenvalue weighted by Crippen LogP contribution is 2.30. The van der Waals surface area contributed by atoms with Crippen LogP contribution in [-0.4, -0.2) is 41.4 Å². The average Bonchev–Trinajstić information content (AvgIpc) is 3.32. The van der Waals surface area contributed by atoms with Crippen molar-refractivity contribution < 1.29 is 14.3 Å². The molecule has 33 heavy (non-hydrogen) atoms. The number of para-hydroxylation sites is 3. The van der Waals surface area contributed by atoms with Crippen molar-refractivity contribution in [2.75, 3.05) is 18.9 Å². The van der Waals surface area contributed by atoms with Gasteiger partial charge in [-0.15, -0.1) is 0 Å². The highest BCUT2D eigenvalue weighted by Gasteiger charge is 2.36. The number of carbonyl (C=O) groups is 2. The maximum atomic E-state index is 13.1. The Morgan fingerprint density at radius 3 is 2.48 bits per heavy atom. The van der Waals surface area contributed by atoms with Crippen molar-refractivity contribution in [2.24, 2.45) is 0 Å². The number of urea groups is 1. The molecule has 3 aromatic carbocycles. The van der Waals surface area contributed by atoms with Gasteiger partial charge in [-0.1, -0.05) is 54.1 Å². The molecule has 0 spiro atoms. The van der Waals surface area contributed by atoms with Crippen molar-refractivity contribution in [3.05, 3.63) is 89.4 Å². The molecule has 1 aliphatic rings. The summed E-state index contributed by atoms with van der Waals surface area (Å²) in [4.78, 5) is 29.5. The normalized spacial score (nSPS) is 15.2. The predicted octanol–water partition coefficient (Wildman–Crippen LogP) is 5.79. The van der Waals surface area contributed by atoms with E-state index in [0.29, 0.717) is 41.7 Å². The molecule has 3 aromatic rings. The van der Waals surface area contributed by atoms with E-state index in [0.717, 1.165) is 12.0 Å². The van der Waals surface area contributed by atoms with E-state index in [1.165, 1.54) is 0 Å². The van der Waals surface area contributed by atoms with Gasteiger partial charge >= 0.3 is 6.03 Å².